The summed E-state index contributed by atoms with van der Waals surface area (Å²) in [5, 5.41) is 12.2. The van der Waals surface area contributed by atoms with Crippen LogP contribution in [0.1, 0.15) is 21.5 Å². The molecule has 0 aromatic heterocycles. The van der Waals surface area contributed by atoms with Crippen molar-refractivity contribution in [2.45, 2.75) is 6.92 Å². The number of nitriles is 1. The maximum absolute atomic E-state index is 12.2. The molecule has 0 aliphatic rings. The molecule has 0 aliphatic heterocycles. The van der Waals surface area contributed by atoms with Crippen molar-refractivity contribution in [2.75, 3.05) is 11.1 Å². The summed E-state index contributed by atoms with van der Waals surface area (Å²) in [5.41, 5.74) is 8.27. The van der Waals surface area contributed by atoms with Gasteiger partial charge in [0.2, 0.25) is 0 Å². The summed E-state index contributed by atoms with van der Waals surface area (Å²) in [6.45, 7) is 1.80. The van der Waals surface area contributed by atoms with Gasteiger partial charge in [-0.2, -0.15) is 5.26 Å². The van der Waals surface area contributed by atoms with Gasteiger partial charge in [0.1, 0.15) is 6.07 Å². The molecule has 0 saturated carbocycles. The van der Waals surface area contributed by atoms with Crippen molar-refractivity contribution in [3.05, 3.63) is 58.1 Å². The molecule has 2 aromatic carbocycles. The van der Waals surface area contributed by atoms with Crippen molar-refractivity contribution in [3.63, 3.8) is 0 Å². The van der Waals surface area contributed by atoms with Crippen LogP contribution in [0.25, 0.3) is 0 Å². The van der Waals surface area contributed by atoms with Crippen LogP contribution in [0.15, 0.2) is 36.4 Å². The van der Waals surface area contributed by atoms with Crippen molar-refractivity contribution >= 4 is 28.9 Å². The van der Waals surface area contributed by atoms with E-state index < -0.39 is 0 Å². The number of amides is 1. The average molecular weight is 286 g/mol. The van der Waals surface area contributed by atoms with Crippen LogP contribution >= 0.6 is 11.6 Å². The third-order valence-corrected chi connectivity index (χ3v) is 3.08. The van der Waals surface area contributed by atoms with Crippen LogP contribution in [0.2, 0.25) is 5.02 Å². The van der Waals surface area contributed by atoms with E-state index in [2.05, 4.69) is 5.32 Å². The molecule has 0 heterocycles. The van der Waals surface area contributed by atoms with E-state index in [4.69, 9.17) is 22.6 Å². The Kier molecular flexibility index (Phi) is 3.92. The summed E-state index contributed by atoms with van der Waals surface area (Å²) >= 11 is 5.88. The summed E-state index contributed by atoms with van der Waals surface area (Å²) in [7, 11) is 0. The summed E-state index contributed by atoms with van der Waals surface area (Å²) < 4.78 is 0. The lowest BCUT2D eigenvalue weighted by Crippen LogP contribution is -2.14. The molecule has 0 bridgehead atoms. The molecule has 0 atom stereocenters. The van der Waals surface area contributed by atoms with E-state index in [1.54, 1.807) is 43.3 Å². The number of nitrogens with two attached hydrogens (primary N) is 1. The highest BCUT2D eigenvalue weighted by Gasteiger charge is 2.12. The fourth-order valence-corrected chi connectivity index (χ4v) is 2.02. The van der Waals surface area contributed by atoms with Gasteiger partial charge in [-0.3, -0.25) is 4.79 Å². The van der Waals surface area contributed by atoms with Crippen molar-refractivity contribution in [3.8, 4) is 6.07 Å². The number of carbonyl (C=O) groups is 1. The monoisotopic (exact) mass is 285 g/mol. The standard InChI is InChI=1S/C15H12ClN3O/c1-9-6-12(18)4-5-13(9)15(20)19-14-7-11(16)3-2-10(14)8-17/h2-7H,18H2,1H3,(H,19,20). The molecule has 0 fully saturated rings. The van der Waals surface area contributed by atoms with Gasteiger partial charge >= 0.3 is 0 Å². The molecule has 100 valence electrons. The maximum Gasteiger partial charge on any atom is 0.255 e. The van der Waals surface area contributed by atoms with Crippen LogP contribution in [0.4, 0.5) is 11.4 Å². The minimum atomic E-state index is -0.304. The van der Waals surface area contributed by atoms with Gasteiger partial charge in [-0.15, -0.1) is 0 Å². The second kappa shape index (κ2) is 5.64. The van der Waals surface area contributed by atoms with Crippen molar-refractivity contribution in [2.24, 2.45) is 0 Å². The number of nitrogens with zero attached hydrogens (tertiary/aromatic N) is 1. The predicted octanol–water partition coefficient (Wildman–Crippen LogP) is 3.35. The maximum atomic E-state index is 12.2. The first-order valence-corrected chi connectivity index (χ1v) is 6.26. The number of nitrogens with one attached hydrogen (secondary N) is 1. The normalized spacial score (nSPS) is 9.85. The molecule has 20 heavy (non-hydrogen) atoms. The number of aryl methyl sites for hydroxylation is 1. The third kappa shape index (κ3) is 2.90. The number of hydrogen-bond acceptors (Lipinski definition) is 3. The largest absolute Gasteiger partial charge is 0.399 e. The molecule has 0 spiro atoms. The van der Waals surface area contributed by atoms with Crippen LogP contribution in [0, 0.1) is 18.3 Å². The van der Waals surface area contributed by atoms with Crippen molar-refractivity contribution in [1.29, 1.82) is 5.26 Å². The number of benzene rings is 2. The highest BCUT2D eigenvalue weighted by molar-refractivity contribution is 6.31. The topological polar surface area (TPSA) is 78.9 Å². The van der Waals surface area contributed by atoms with Crippen LogP contribution in [-0.4, -0.2) is 5.91 Å². The Hall–Kier alpha value is -2.51. The van der Waals surface area contributed by atoms with E-state index in [0.717, 1.165) is 5.56 Å². The number of halogens is 1. The highest BCUT2D eigenvalue weighted by Crippen LogP contribution is 2.22. The predicted molar refractivity (Wildman–Crippen MR) is 79.7 cm³/mol. The van der Waals surface area contributed by atoms with Gasteiger partial charge in [0.25, 0.3) is 5.91 Å². The quantitative estimate of drug-likeness (QED) is 0.831. The molecular formula is C15H12ClN3O. The number of carbonyl (C=O) groups excluding carboxylic acids is 1. The third-order valence-electron chi connectivity index (χ3n) is 2.85. The Balaban J connectivity index is 2.33. The fourth-order valence-electron chi connectivity index (χ4n) is 1.85. The van der Waals surface area contributed by atoms with E-state index in [-0.39, 0.29) is 5.91 Å². The SMILES string of the molecule is Cc1cc(N)ccc1C(=O)Nc1cc(Cl)ccc1C#N. The second-order valence-corrected chi connectivity index (χ2v) is 4.77. The minimum absolute atomic E-state index is 0.304. The van der Waals surface area contributed by atoms with E-state index in [1.165, 1.54) is 0 Å². The van der Waals surface area contributed by atoms with Gasteiger partial charge in [0, 0.05) is 16.3 Å². The summed E-state index contributed by atoms with van der Waals surface area (Å²) in [5.74, 6) is -0.304. The Morgan fingerprint density at radius 3 is 2.70 bits per heavy atom. The first kappa shape index (κ1) is 13.9. The first-order valence-electron chi connectivity index (χ1n) is 5.88. The summed E-state index contributed by atoms with van der Waals surface area (Å²) in [6.07, 6.45) is 0. The molecule has 0 aliphatic carbocycles. The molecule has 2 rings (SSSR count). The van der Waals surface area contributed by atoms with Crippen molar-refractivity contribution in [1.82, 2.24) is 0 Å². The van der Waals surface area contributed by atoms with E-state index >= 15 is 0 Å². The Bertz CT molecular complexity index is 720. The highest BCUT2D eigenvalue weighted by atomic mass is 35.5. The second-order valence-electron chi connectivity index (χ2n) is 4.33. The van der Waals surface area contributed by atoms with Gasteiger partial charge in [0.15, 0.2) is 0 Å². The van der Waals surface area contributed by atoms with Gasteiger partial charge in [-0.25, -0.2) is 0 Å². The Labute approximate surface area is 121 Å². The number of hydrogen-bond donors (Lipinski definition) is 2. The van der Waals surface area contributed by atoms with Crippen LogP contribution in [0.5, 0.6) is 0 Å². The van der Waals surface area contributed by atoms with E-state index in [0.29, 0.717) is 27.5 Å². The van der Waals surface area contributed by atoms with Crippen LogP contribution in [0.3, 0.4) is 0 Å². The minimum Gasteiger partial charge on any atom is -0.399 e. The van der Waals surface area contributed by atoms with Gasteiger partial charge < -0.3 is 11.1 Å². The van der Waals surface area contributed by atoms with E-state index in [1.807, 2.05) is 6.07 Å². The molecular weight excluding hydrogens is 274 g/mol. The lowest BCUT2D eigenvalue weighted by Gasteiger charge is -2.10. The summed E-state index contributed by atoms with van der Waals surface area (Å²) in [6, 6.07) is 11.7. The molecule has 4 nitrogen and oxygen atoms in total. The number of nitrogen functional groups attached to an aromatic ring is 1. The van der Waals surface area contributed by atoms with Crippen LogP contribution in [-0.2, 0) is 0 Å². The number of rotatable bonds is 2. The molecule has 5 heteroatoms. The zero-order valence-electron chi connectivity index (χ0n) is 10.8. The smallest absolute Gasteiger partial charge is 0.255 e. The summed E-state index contributed by atoms with van der Waals surface area (Å²) in [4.78, 5) is 12.2. The molecule has 0 radical (unpaired) electrons. The average Bonchev–Trinajstić information content (AvgIpc) is 2.38. The lowest BCUT2D eigenvalue weighted by atomic mass is 10.1. The molecule has 0 unspecified atom stereocenters. The molecule has 2 aromatic rings. The molecule has 0 saturated heterocycles. The molecule has 3 N–H and O–H groups in total. The van der Waals surface area contributed by atoms with E-state index in [9.17, 15) is 4.79 Å². The Morgan fingerprint density at radius 2 is 2.05 bits per heavy atom. The Morgan fingerprint density at radius 1 is 1.30 bits per heavy atom. The molecule has 1 amide bonds. The first-order chi connectivity index (χ1) is 9.51. The number of anilines is 2. The van der Waals surface area contributed by atoms with Gasteiger partial charge in [0.05, 0.1) is 11.3 Å². The van der Waals surface area contributed by atoms with Crippen molar-refractivity contribution < 1.29 is 4.79 Å². The zero-order chi connectivity index (χ0) is 14.7. The van der Waals surface area contributed by atoms with Gasteiger partial charge in [-0.1, -0.05) is 11.6 Å². The van der Waals surface area contributed by atoms with Crippen LogP contribution < -0.4 is 11.1 Å². The lowest BCUT2D eigenvalue weighted by molar-refractivity contribution is 0.102. The fraction of sp³-hybridized carbons (Fsp3) is 0.0667. The van der Waals surface area contributed by atoms with Gasteiger partial charge in [-0.05, 0) is 48.9 Å². The zero-order valence-corrected chi connectivity index (χ0v) is 11.5.